The summed E-state index contributed by atoms with van der Waals surface area (Å²) in [6.07, 6.45) is 1.01. The first-order valence-electron chi connectivity index (χ1n) is 7.10. The van der Waals surface area contributed by atoms with E-state index >= 15 is 0 Å². The van der Waals surface area contributed by atoms with Gasteiger partial charge in [-0.25, -0.2) is 5.43 Å². The van der Waals surface area contributed by atoms with Crippen molar-refractivity contribution < 1.29 is 4.79 Å². The molecule has 21 heavy (non-hydrogen) atoms. The molecule has 0 fully saturated rings. The first kappa shape index (κ1) is 15.0. The highest BCUT2D eigenvalue weighted by molar-refractivity contribution is 6.00. The molecule has 0 unspecified atom stereocenters. The van der Waals surface area contributed by atoms with Gasteiger partial charge in [-0.15, -0.1) is 0 Å². The van der Waals surface area contributed by atoms with E-state index in [2.05, 4.69) is 29.6 Å². The maximum Gasteiger partial charge on any atom is 0.271 e. The molecule has 3 heteroatoms. The van der Waals surface area contributed by atoms with Gasteiger partial charge < -0.3 is 0 Å². The molecule has 0 saturated heterocycles. The Bertz CT molecular complexity index is 640. The fraction of sp³-hybridized carbons (Fsp3) is 0.222. The number of carbonyl (C=O) groups is 1. The minimum Gasteiger partial charge on any atom is -0.267 e. The number of nitrogens with one attached hydrogen (secondary N) is 1. The molecule has 0 atom stereocenters. The van der Waals surface area contributed by atoms with Crippen LogP contribution in [-0.2, 0) is 6.42 Å². The van der Waals surface area contributed by atoms with Crippen molar-refractivity contribution in [3.63, 3.8) is 0 Å². The number of aryl methyl sites for hydroxylation is 2. The molecule has 0 bridgehead atoms. The molecule has 0 aliphatic carbocycles. The monoisotopic (exact) mass is 280 g/mol. The van der Waals surface area contributed by atoms with E-state index in [-0.39, 0.29) is 5.91 Å². The largest absolute Gasteiger partial charge is 0.271 e. The lowest BCUT2D eigenvalue weighted by Gasteiger charge is -2.04. The normalized spacial score (nSPS) is 11.3. The summed E-state index contributed by atoms with van der Waals surface area (Å²) in [5.74, 6) is -0.195. The second-order valence-electron chi connectivity index (χ2n) is 5.05. The van der Waals surface area contributed by atoms with Gasteiger partial charge in [0.05, 0.1) is 5.71 Å². The Morgan fingerprint density at radius 2 is 1.57 bits per heavy atom. The van der Waals surface area contributed by atoms with Crippen LogP contribution in [-0.4, -0.2) is 11.6 Å². The maximum absolute atomic E-state index is 12.0. The van der Waals surface area contributed by atoms with Crippen LogP contribution in [0.15, 0.2) is 53.6 Å². The summed E-state index contributed by atoms with van der Waals surface area (Å²) in [5.41, 5.74) is 7.42. The van der Waals surface area contributed by atoms with E-state index in [1.165, 1.54) is 5.56 Å². The van der Waals surface area contributed by atoms with E-state index in [0.29, 0.717) is 5.56 Å². The van der Waals surface area contributed by atoms with Gasteiger partial charge in [-0.05, 0) is 43.5 Å². The van der Waals surface area contributed by atoms with Crippen LogP contribution in [0.25, 0.3) is 0 Å². The predicted molar refractivity (Wildman–Crippen MR) is 86.7 cm³/mol. The van der Waals surface area contributed by atoms with Crippen LogP contribution in [0.1, 0.15) is 40.9 Å². The maximum atomic E-state index is 12.0. The van der Waals surface area contributed by atoms with E-state index < -0.39 is 0 Å². The van der Waals surface area contributed by atoms with Gasteiger partial charge in [0.15, 0.2) is 0 Å². The third kappa shape index (κ3) is 4.02. The van der Waals surface area contributed by atoms with Gasteiger partial charge in [0.1, 0.15) is 0 Å². The zero-order valence-electron chi connectivity index (χ0n) is 12.7. The first-order chi connectivity index (χ1) is 10.1. The molecular weight excluding hydrogens is 260 g/mol. The summed E-state index contributed by atoms with van der Waals surface area (Å²) in [6.45, 7) is 6.00. The minimum atomic E-state index is -0.195. The molecule has 0 aliphatic heterocycles. The standard InChI is InChI=1S/C18H20N2O/c1-4-15-7-11-16(12-8-15)14(3)19-20-18(21)17-9-5-13(2)6-10-17/h5-12H,4H2,1-3H3,(H,20,21). The summed E-state index contributed by atoms with van der Waals surface area (Å²) in [4.78, 5) is 12.0. The van der Waals surface area contributed by atoms with E-state index in [0.717, 1.165) is 23.3 Å². The van der Waals surface area contributed by atoms with E-state index in [9.17, 15) is 4.79 Å². The summed E-state index contributed by atoms with van der Waals surface area (Å²) in [5, 5.41) is 4.17. The quantitative estimate of drug-likeness (QED) is 0.673. The Balaban J connectivity index is 2.05. The number of amides is 1. The smallest absolute Gasteiger partial charge is 0.267 e. The fourth-order valence-electron chi connectivity index (χ4n) is 1.95. The van der Waals surface area contributed by atoms with Crippen LogP contribution in [0.5, 0.6) is 0 Å². The first-order valence-corrected chi connectivity index (χ1v) is 7.10. The molecule has 0 saturated carbocycles. The molecule has 3 nitrogen and oxygen atoms in total. The molecule has 1 N–H and O–H groups in total. The number of rotatable bonds is 4. The molecule has 1 amide bonds. The average molecular weight is 280 g/mol. The summed E-state index contributed by atoms with van der Waals surface area (Å²) in [6, 6.07) is 15.6. The van der Waals surface area contributed by atoms with Crippen LogP contribution < -0.4 is 5.43 Å². The lowest BCUT2D eigenvalue weighted by molar-refractivity contribution is 0.0955. The highest BCUT2D eigenvalue weighted by Gasteiger charge is 2.04. The van der Waals surface area contributed by atoms with Gasteiger partial charge >= 0.3 is 0 Å². The highest BCUT2D eigenvalue weighted by atomic mass is 16.2. The third-order valence-electron chi connectivity index (χ3n) is 3.42. The lowest BCUT2D eigenvalue weighted by atomic mass is 10.1. The Morgan fingerprint density at radius 1 is 1.00 bits per heavy atom. The highest BCUT2D eigenvalue weighted by Crippen LogP contribution is 2.07. The topological polar surface area (TPSA) is 41.5 Å². The molecule has 0 spiro atoms. The third-order valence-corrected chi connectivity index (χ3v) is 3.42. The second kappa shape index (κ2) is 6.84. The Labute approximate surface area is 125 Å². The fourth-order valence-corrected chi connectivity index (χ4v) is 1.95. The molecular formula is C18H20N2O. The van der Waals surface area contributed by atoms with Crippen molar-refractivity contribution in [3.8, 4) is 0 Å². The van der Waals surface area contributed by atoms with Crippen LogP contribution in [0.4, 0.5) is 0 Å². The van der Waals surface area contributed by atoms with Gasteiger partial charge in [-0.2, -0.15) is 5.10 Å². The van der Waals surface area contributed by atoms with E-state index in [1.807, 2.05) is 38.1 Å². The van der Waals surface area contributed by atoms with Crippen molar-refractivity contribution in [1.82, 2.24) is 5.43 Å². The Morgan fingerprint density at radius 3 is 2.14 bits per heavy atom. The Hall–Kier alpha value is -2.42. The van der Waals surface area contributed by atoms with Crippen molar-refractivity contribution in [1.29, 1.82) is 0 Å². The van der Waals surface area contributed by atoms with Crippen molar-refractivity contribution in [2.75, 3.05) is 0 Å². The van der Waals surface area contributed by atoms with Crippen molar-refractivity contribution >= 4 is 11.6 Å². The number of hydrazone groups is 1. The van der Waals surface area contributed by atoms with Crippen molar-refractivity contribution in [2.24, 2.45) is 5.10 Å². The van der Waals surface area contributed by atoms with Crippen LogP contribution in [0.2, 0.25) is 0 Å². The van der Waals surface area contributed by atoms with Gasteiger partial charge in [0.2, 0.25) is 0 Å². The Kier molecular flexibility index (Phi) is 4.88. The summed E-state index contributed by atoms with van der Waals surface area (Å²) < 4.78 is 0. The molecule has 0 aromatic heterocycles. The number of benzene rings is 2. The molecule has 2 aromatic carbocycles. The van der Waals surface area contributed by atoms with Crippen molar-refractivity contribution in [3.05, 3.63) is 70.8 Å². The van der Waals surface area contributed by atoms with Crippen LogP contribution in [0.3, 0.4) is 0 Å². The zero-order chi connectivity index (χ0) is 15.2. The number of nitrogens with zero attached hydrogens (tertiary/aromatic N) is 1. The molecule has 108 valence electrons. The van der Waals surface area contributed by atoms with Gasteiger partial charge in [-0.3, -0.25) is 4.79 Å². The number of hydrogen-bond donors (Lipinski definition) is 1. The number of carbonyl (C=O) groups excluding carboxylic acids is 1. The minimum absolute atomic E-state index is 0.195. The van der Waals surface area contributed by atoms with E-state index in [1.54, 1.807) is 12.1 Å². The number of hydrogen-bond acceptors (Lipinski definition) is 2. The molecule has 0 radical (unpaired) electrons. The molecule has 0 aliphatic rings. The lowest BCUT2D eigenvalue weighted by Crippen LogP contribution is -2.19. The predicted octanol–water partition coefficient (Wildman–Crippen LogP) is 3.71. The van der Waals surface area contributed by atoms with Gasteiger partial charge in [0, 0.05) is 5.56 Å². The average Bonchev–Trinajstić information content (AvgIpc) is 2.53. The zero-order valence-corrected chi connectivity index (χ0v) is 12.7. The second-order valence-corrected chi connectivity index (χ2v) is 5.05. The summed E-state index contributed by atoms with van der Waals surface area (Å²) >= 11 is 0. The van der Waals surface area contributed by atoms with Crippen molar-refractivity contribution in [2.45, 2.75) is 27.2 Å². The SMILES string of the molecule is CCc1ccc(C(C)=NNC(=O)c2ccc(C)cc2)cc1. The van der Waals surface area contributed by atoms with Gasteiger partial charge in [-0.1, -0.05) is 48.9 Å². The summed E-state index contributed by atoms with van der Waals surface area (Å²) in [7, 11) is 0. The molecule has 0 heterocycles. The van der Waals surface area contributed by atoms with Gasteiger partial charge in [0.25, 0.3) is 5.91 Å². The van der Waals surface area contributed by atoms with Crippen LogP contribution in [0, 0.1) is 6.92 Å². The van der Waals surface area contributed by atoms with Crippen LogP contribution >= 0.6 is 0 Å². The molecule has 2 aromatic rings. The molecule has 2 rings (SSSR count). The van der Waals surface area contributed by atoms with E-state index in [4.69, 9.17) is 0 Å².